The first-order valence-electron chi connectivity index (χ1n) is 22.5. The molecule has 0 radical (unpaired) electrons. The first-order chi connectivity index (χ1) is 28.5. The Balaban J connectivity index is 1.54. The highest BCUT2D eigenvalue weighted by Gasteiger charge is 2.16. The van der Waals surface area contributed by atoms with Gasteiger partial charge in [-0.15, -0.1) is 11.3 Å². The lowest BCUT2D eigenvalue weighted by Gasteiger charge is -2.09. The van der Waals surface area contributed by atoms with Gasteiger partial charge in [0.15, 0.2) is 0 Å². The summed E-state index contributed by atoms with van der Waals surface area (Å²) in [6.07, 6.45) is 0. The van der Waals surface area contributed by atoms with Crippen LogP contribution < -0.4 is 0 Å². The predicted molar refractivity (Wildman–Crippen MR) is 173 cm³/mol. The number of nitrogens with zero attached hydrogens (tertiary/aromatic N) is 2. The summed E-state index contributed by atoms with van der Waals surface area (Å²) < 4.78 is 189. The van der Waals surface area contributed by atoms with Crippen LogP contribution in [-0.4, -0.2) is 9.13 Å². The largest absolute Gasteiger partial charge is 0.309 e. The van der Waals surface area contributed by atoms with E-state index in [1.54, 1.807) is 0 Å². The van der Waals surface area contributed by atoms with Crippen LogP contribution in [0.15, 0.2) is 127 Å². The number of aromatic nitrogens is 2. The third kappa shape index (κ3) is 2.98. The van der Waals surface area contributed by atoms with Gasteiger partial charge in [-0.2, -0.15) is 0 Å². The second-order valence-electron chi connectivity index (χ2n) is 9.02. The Bertz CT molecular complexity index is 3230. The van der Waals surface area contributed by atoms with Gasteiger partial charge in [0.05, 0.1) is 50.9 Å². The number of benzene rings is 6. The fraction of sp³-hybridized carbons (Fsp3) is 0.0270. The fourth-order valence-electron chi connectivity index (χ4n) is 5.08. The number of para-hydroxylation sites is 3. The highest BCUT2D eigenvalue weighted by molar-refractivity contribution is 7.25. The van der Waals surface area contributed by atoms with Gasteiger partial charge >= 0.3 is 0 Å². The van der Waals surface area contributed by atoms with Gasteiger partial charge in [-0.25, -0.2) is 0 Å². The molecule has 3 aromatic heterocycles. The van der Waals surface area contributed by atoms with Crippen LogP contribution in [0.25, 0.3) is 75.2 Å². The van der Waals surface area contributed by atoms with E-state index < -0.39 is 143 Å². The smallest absolute Gasteiger partial charge is 0.0652 e. The quantitative estimate of drug-likeness (QED) is 0.203. The molecule has 3 heterocycles. The van der Waals surface area contributed by atoms with Crippen molar-refractivity contribution in [3.63, 3.8) is 0 Å². The summed E-state index contributed by atoms with van der Waals surface area (Å²) in [5.41, 5.74) is -2.61. The van der Waals surface area contributed by atoms with Crippen LogP contribution in [-0.2, 0) is 0 Å². The lowest BCUT2D eigenvalue weighted by atomic mass is 10.1. The molecule has 6 aromatic carbocycles. The normalized spacial score (nSPS) is 19.5. The van der Waals surface area contributed by atoms with Crippen molar-refractivity contribution in [2.24, 2.45) is 0 Å². The second-order valence-corrected chi connectivity index (χ2v) is 10.0. The van der Waals surface area contributed by atoms with Crippen molar-refractivity contribution in [3.8, 4) is 11.4 Å². The summed E-state index contributed by atoms with van der Waals surface area (Å²) in [6, 6.07) is -13.7. The average Bonchev–Trinajstić information content (AvgIpc) is 3.92. The van der Waals surface area contributed by atoms with Crippen molar-refractivity contribution in [3.05, 3.63) is 132 Å². The molecule has 0 saturated heterocycles. The zero-order valence-electron chi connectivity index (χ0n) is 41.3. The second kappa shape index (κ2) is 8.08. The molecule has 0 bridgehead atoms. The van der Waals surface area contributed by atoms with Gasteiger partial charge in [0.25, 0.3) is 0 Å². The Morgan fingerprint density at radius 1 is 0.450 bits per heavy atom. The third-order valence-corrected chi connectivity index (χ3v) is 7.77. The van der Waals surface area contributed by atoms with Gasteiger partial charge in [0.2, 0.25) is 0 Å². The van der Waals surface area contributed by atoms with E-state index in [4.69, 9.17) is 20.6 Å². The Morgan fingerprint density at radius 3 is 1.43 bits per heavy atom. The topological polar surface area (TPSA) is 9.86 Å². The number of hydrogen-bond acceptors (Lipinski definition) is 1. The minimum absolute atomic E-state index is 0.0157. The van der Waals surface area contributed by atoms with Crippen LogP contribution in [0.1, 0.15) is 34.3 Å². The minimum atomic E-state index is -0.761. The molecule has 0 amide bonds. The summed E-state index contributed by atoms with van der Waals surface area (Å²) >= 11 is 0.702. The molecular weight excluding hydrogens is 504 g/mol. The summed E-state index contributed by atoms with van der Waals surface area (Å²) in [6.45, 7) is 1.40. The highest BCUT2D eigenvalue weighted by atomic mass is 32.1. The van der Waals surface area contributed by atoms with Crippen LogP contribution in [0, 0.1) is 6.92 Å². The van der Waals surface area contributed by atoms with Gasteiger partial charge in [-0.3, -0.25) is 0 Å². The Kier molecular flexibility index (Phi) is 2.01. The maximum atomic E-state index is 9.74. The summed E-state index contributed by atoms with van der Waals surface area (Å²) in [4.78, 5) is 0. The zero-order valence-corrected chi connectivity index (χ0v) is 21.1. The Labute approximate surface area is 264 Å². The monoisotopic (exact) mass is 549 g/mol. The van der Waals surface area contributed by atoms with Crippen molar-refractivity contribution in [2.75, 3.05) is 0 Å². The number of thiophene rings is 1. The van der Waals surface area contributed by atoms with E-state index in [-0.39, 0.29) is 64.4 Å². The lowest BCUT2D eigenvalue weighted by molar-refractivity contribution is 1.18. The molecule has 188 valence electrons. The fourth-order valence-corrected chi connectivity index (χ4v) is 6.00. The molecule has 0 unspecified atom stereocenters. The molecule has 0 fully saturated rings. The predicted octanol–water partition coefficient (Wildman–Crippen LogP) is 10.6. The number of rotatable bonds is 2. The van der Waals surface area contributed by atoms with E-state index in [9.17, 15) is 8.22 Å². The molecule has 0 N–H and O–H groups in total. The molecular formula is C37H24N2S. The summed E-state index contributed by atoms with van der Waals surface area (Å²) in [5.74, 6) is 0. The SMILES string of the molecule is [2H]c1c(-n2c3c([2H])c([2H])c([2H])c([2H])c3c3c([2H])c([2H])c([2H])c([2H])c32)c([2H])c2c(sc3c([2H])c([2H])c(-n4c5c([2H])c([2H])c([2H])c([2H])c5c5c([2H])c(C)c([2H])c([2H])c54)c([2H])c32)c1[2H]. The van der Waals surface area contributed by atoms with Crippen molar-refractivity contribution >= 4 is 75.1 Å². The van der Waals surface area contributed by atoms with Gasteiger partial charge in [0.1, 0.15) is 0 Å². The van der Waals surface area contributed by atoms with Crippen LogP contribution >= 0.6 is 11.3 Å². The van der Waals surface area contributed by atoms with Crippen LogP contribution in [0.3, 0.4) is 0 Å². The standard InChI is InChI=1S/C37H24N2S/c1-23-14-17-35-29(20-23)28-10-4-7-13-34(28)39(35)25-16-19-37-31(22-25)30-21-24(15-18-36(30)40-37)38-32-11-5-2-8-26(32)27-9-3-6-12-33(27)38/h2-22H,1H3/i2D,3D,4D,5D,6D,7D,8D,9D,10D,11D,12D,13D,14D,15D,16D,17D,18D,19D,20D,21D,22D. The zero-order chi connectivity index (χ0) is 44.6. The first-order valence-corrected chi connectivity index (χ1v) is 12.8. The number of fused-ring (bicyclic) bond motifs is 9. The van der Waals surface area contributed by atoms with E-state index >= 15 is 0 Å². The molecule has 9 rings (SSSR count). The Hall–Kier alpha value is -4.86. The number of hydrogen-bond donors (Lipinski definition) is 0. The summed E-state index contributed by atoms with van der Waals surface area (Å²) in [7, 11) is 0. The third-order valence-electron chi connectivity index (χ3n) is 6.75. The van der Waals surface area contributed by atoms with Crippen molar-refractivity contribution in [1.82, 2.24) is 9.13 Å². The van der Waals surface area contributed by atoms with E-state index in [0.717, 1.165) is 9.13 Å². The van der Waals surface area contributed by atoms with Crippen LogP contribution in [0.5, 0.6) is 0 Å². The van der Waals surface area contributed by atoms with E-state index in [1.165, 1.54) is 6.92 Å². The molecule has 3 heteroatoms. The highest BCUT2D eigenvalue weighted by Crippen LogP contribution is 2.40. The maximum Gasteiger partial charge on any atom is 0.0652 e. The molecule has 2 nitrogen and oxygen atoms in total. The molecule has 0 saturated carbocycles. The van der Waals surface area contributed by atoms with Crippen molar-refractivity contribution in [2.45, 2.75) is 6.92 Å². The minimum Gasteiger partial charge on any atom is -0.309 e. The maximum absolute atomic E-state index is 9.74. The van der Waals surface area contributed by atoms with Crippen LogP contribution in [0.2, 0.25) is 0 Å². The van der Waals surface area contributed by atoms with Gasteiger partial charge < -0.3 is 9.13 Å². The van der Waals surface area contributed by atoms with E-state index in [1.807, 2.05) is 0 Å². The van der Waals surface area contributed by atoms with E-state index in [2.05, 4.69) is 0 Å². The lowest BCUT2D eigenvalue weighted by Crippen LogP contribution is -1.94. The molecule has 0 aliphatic carbocycles. The van der Waals surface area contributed by atoms with Gasteiger partial charge in [-0.05, 0) is 73.4 Å². The van der Waals surface area contributed by atoms with Crippen molar-refractivity contribution < 1.29 is 28.8 Å². The molecule has 9 aromatic rings. The van der Waals surface area contributed by atoms with Gasteiger partial charge in [0, 0.05) is 53.1 Å². The molecule has 0 spiro atoms. The average molecular weight is 550 g/mol. The molecule has 40 heavy (non-hydrogen) atoms. The molecule has 0 aliphatic heterocycles. The van der Waals surface area contributed by atoms with Crippen LogP contribution in [0.4, 0.5) is 0 Å². The molecule has 0 aliphatic rings. The molecule has 0 atom stereocenters. The van der Waals surface area contributed by atoms with E-state index in [0.29, 0.717) is 11.3 Å². The van der Waals surface area contributed by atoms with Gasteiger partial charge in [-0.1, -0.05) is 66.0 Å². The Morgan fingerprint density at radius 2 is 0.900 bits per heavy atom. The first kappa shape index (κ1) is 9.96. The van der Waals surface area contributed by atoms with Crippen molar-refractivity contribution in [1.29, 1.82) is 0 Å². The summed E-state index contributed by atoms with van der Waals surface area (Å²) in [5, 5.41) is -1.61.